The quantitative estimate of drug-likeness (QED) is 0.103. The van der Waals surface area contributed by atoms with E-state index in [-0.39, 0.29) is 33.0 Å². The Bertz CT molecular complexity index is 6000. The molecule has 512 valence electrons. The van der Waals surface area contributed by atoms with Crippen molar-refractivity contribution in [1.29, 1.82) is 0 Å². The molecule has 0 bridgehead atoms. The Balaban J connectivity index is 0.000000146. The van der Waals surface area contributed by atoms with E-state index >= 15 is 0 Å². The maximum Gasteiger partial charge on any atom is 0.0465 e. The molecule has 0 N–H and O–H groups in total. The second kappa shape index (κ2) is 23.9. The number of rotatable bonds is 9. The third-order valence-electron chi connectivity index (χ3n) is 25.0. The van der Waals surface area contributed by atoms with E-state index in [0.29, 0.717) is 0 Å². The Morgan fingerprint density at radius 3 is 1.12 bits per heavy atom. The van der Waals surface area contributed by atoms with Crippen LogP contribution in [0.5, 0.6) is 0 Å². The summed E-state index contributed by atoms with van der Waals surface area (Å²) in [6.45, 7) is 25.9. The molecular weight excluding hydrogens is 1280 g/mol. The highest BCUT2D eigenvalue weighted by atomic mass is 15.1. The van der Waals surface area contributed by atoms with E-state index in [1.165, 1.54) is 183 Å². The average molecular weight is 1360 g/mol. The minimum atomic E-state index is -0.115. The summed E-state index contributed by atoms with van der Waals surface area (Å²) in [7, 11) is 0. The van der Waals surface area contributed by atoms with Gasteiger partial charge < -0.3 is 4.90 Å². The van der Waals surface area contributed by atoms with Crippen LogP contribution in [0.2, 0.25) is 0 Å². The van der Waals surface area contributed by atoms with Gasteiger partial charge in [0, 0.05) is 44.6 Å². The molecule has 16 aromatic rings. The van der Waals surface area contributed by atoms with Crippen LogP contribution < -0.4 is 4.90 Å². The minimum Gasteiger partial charge on any atom is -0.310 e. The fourth-order valence-corrected chi connectivity index (χ4v) is 19.1. The van der Waals surface area contributed by atoms with Crippen molar-refractivity contribution in [1.82, 2.24) is 0 Å². The highest BCUT2D eigenvalue weighted by molar-refractivity contribution is 6.25. The Labute approximate surface area is 625 Å². The molecule has 0 heterocycles. The largest absolute Gasteiger partial charge is 0.310 e. The van der Waals surface area contributed by atoms with E-state index in [1.807, 2.05) is 0 Å². The summed E-state index contributed by atoms with van der Waals surface area (Å²) >= 11 is 0. The molecule has 16 aromatic carbocycles. The number of anilines is 3. The zero-order valence-corrected chi connectivity index (χ0v) is 62.6. The average Bonchev–Trinajstić information content (AvgIpc) is 1.38. The molecule has 0 saturated heterocycles. The summed E-state index contributed by atoms with van der Waals surface area (Å²) in [5.74, 6) is 0.127. The number of nitrogens with zero attached hydrogens (tertiary/aromatic N) is 1. The van der Waals surface area contributed by atoms with Gasteiger partial charge in [0.2, 0.25) is 0 Å². The van der Waals surface area contributed by atoms with Crippen molar-refractivity contribution in [3.05, 3.63) is 388 Å². The van der Waals surface area contributed by atoms with Gasteiger partial charge in [0.25, 0.3) is 0 Å². The second-order valence-corrected chi connectivity index (χ2v) is 33.6. The summed E-state index contributed by atoms with van der Waals surface area (Å²) in [6, 6.07) is 121. The SMILES string of the molecule is CC(C)(C)c1cc2ccc3ccc(-c4ccc5c(c4)C(C)(C)c4cc(-c6ccc7c(c6)C(C)(C)c6ccccc6-7)ccc4-5)c4ccc(c1)c2c34.CC1(C)c2ccccc2-c2ccc(C(c3ccccc3)c3ccc(-c4ccc(N(c5ccccc5)c5ccc6c(c5)C(C)(C)c5ccccc5-6)cc4)cc3)cc21. The molecule has 0 aromatic heterocycles. The summed E-state index contributed by atoms with van der Waals surface area (Å²) in [6.07, 6.45) is 0. The van der Waals surface area contributed by atoms with Crippen LogP contribution >= 0.6 is 0 Å². The molecular formula is C105H87N. The molecule has 4 aliphatic rings. The van der Waals surface area contributed by atoms with Crippen LogP contribution in [0.3, 0.4) is 0 Å². The highest BCUT2D eigenvalue weighted by Crippen LogP contribution is 2.56. The molecule has 1 heteroatoms. The fourth-order valence-electron chi connectivity index (χ4n) is 19.1. The summed E-state index contributed by atoms with van der Waals surface area (Å²) < 4.78 is 0. The maximum atomic E-state index is 2.48. The number of benzene rings is 16. The maximum absolute atomic E-state index is 2.48. The predicted molar refractivity (Wildman–Crippen MR) is 450 cm³/mol. The van der Waals surface area contributed by atoms with Gasteiger partial charge in [-0.3, -0.25) is 0 Å². The van der Waals surface area contributed by atoms with Gasteiger partial charge in [0.15, 0.2) is 0 Å². The molecule has 106 heavy (non-hydrogen) atoms. The van der Waals surface area contributed by atoms with Crippen LogP contribution in [0.4, 0.5) is 17.1 Å². The molecule has 0 fully saturated rings. The normalized spacial score (nSPS) is 15.0. The van der Waals surface area contributed by atoms with Crippen molar-refractivity contribution >= 4 is 49.4 Å². The molecule has 1 atom stereocenters. The molecule has 0 radical (unpaired) electrons. The van der Waals surface area contributed by atoms with Gasteiger partial charge in [-0.25, -0.2) is 0 Å². The van der Waals surface area contributed by atoms with Gasteiger partial charge in [0.05, 0.1) is 0 Å². The zero-order chi connectivity index (χ0) is 72.3. The first-order chi connectivity index (χ1) is 51.2. The van der Waals surface area contributed by atoms with Crippen molar-refractivity contribution < 1.29 is 0 Å². The van der Waals surface area contributed by atoms with E-state index in [0.717, 1.165) is 11.4 Å². The van der Waals surface area contributed by atoms with Crippen LogP contribution in [-0.4, -0.2) is 0 Å². The standard InChI is InChI=1S/C55H45N.C50H42/c1-54(2)49-21-13-11-19-45(49)47-33-29-41(35-51(47)54)53(39-15-7-5-8-16-39)40-25-23-37(24-26-40)38-27-30-43(31-28-38)56(42-17-9-6-10-18-42)44-32-34-48-46-20-12-14-22-50(46)55(3,4)52(48)36-44;1-48(2,3)35-24-33-13-12-29-14-19-36(41-23-18-34(25-35)46(33)47(29)41)32-17-22-40-39-21-16-31(27-44(39)50(6,7)45(40)28-32)30-15-20-38-37-10-8-9-11-42(37)49(4,5)43(38)26-30/h5-36,53H,1-4H3;8-28H,1-7H3. The lowest BCUT2D eigenvalue weighted by Crippen LogP contribution is -2.16. The number of fused-ring (bicyclic) bond motifs is 12. The van der Waals surface area contributed by atoms with Crippen LogP contribution in [0.15, 0.2) is 322 Å². The number of para-hydroxylation sites is 1. The Morgan fingerprint density at radius 2 is 0.585 bits per heavy atom. The zero-order valence-electron chi connectivity index (χ0n) is 62.6. The molecule has 0 saturated carbocycles. The molecule has 1 nitrogen and oxygen atoms in total. The third kappa shape index (κ3) is 10.2. The van der Waals surface area contributed by atoms with Crippen molar-refractivity contribution in [3.63, 3.8) is 0 Å². The predicted octanol–water partition coefficient (Wildman–Crippen LogP) is 28.4. The minimum absolute atomic E-state index is 0.00886. The first kappa shape index (κ1) is 65.1. The third-order valence-corrected chi connectivity index (χ3v) is 25.0. The van der Waals surface area contributed by atoms with Gasteiger partial charge >= 0.3 is 0 Å². The Hall–Kier alpha value is -11.6. The van der Waals surface area contributed by atoms with Gasteiger partial charge in [-0.05, 0) is 237 Å². The van der Waals surface area contributed by atoms with Crippen molar-refractivity contribution in [3.8, 4) is 77.9 Å². The first-order valence-electron chi connectivity index (χ1n) is 38.1. The fraction of sp³-hybridized carbons (Fsp3) is 0.162. The van der Waals surface area contributed by atoms with E-state index < -0.39 is 0 Å². The monoisotopic (exact) mass is 1360 g/mol. The molecule has 0 amide bonds. The summed E-state index contributed by atoms with van der Waals surface area (Å²) in [5, 5.41) is 8.08. The van der Waals surface area contributed by atoms with Gasteiger partial charge in [-0.15, -0.1) is 0 Å². The van der Waals surface area contributed by atoms with Crippen LogP contribution in [-0.2, 0) is 27.1 Å². The molecule has 20 rings (SSSR count). The van der Waals surface area contributed by atoms with E-state index in [2.05, 4.69) is 403 Å². The van der Waals surface area contributed by atoms with E-state index in [9.17, 15) is 0 Å². The van der Waals surface area contributed by atoms with Crippen LogP contribution in [0.1, 0.15) is 149 Å². The lowest BCUT2D eigenvalue weighted by Gasteiger charge is -2.28. The first-order valence-corrected chi connectivity index (χ1v) is 38.1. The highest BCUT2D eigenvalue weighted by Gasteiger charge is 2.40. The Kier molecular flexibility index (Phi) is 14.7. The van der Waals surface area contributed by atoms with Crippen molar-refractivity contribution in [2.45, 2.75) is 109 Å². The van der Waals surface area contributed by atoms with Crippen LogP contribution in [0.25, 0.3) is 110 Å². The second-order valence-electron chi connectivity index (χ2n) is 33.6. The van der Waals surface area contributed by atoms with E-state index in [1.54, 1.807) is 0 Å². The number of hydrogen-bond acceptors (Lipinski definition) is 1. The molecule has 4 aliphatic carbocycles. The Morgan fingerprint density at radius 1 is 0.236 bits per heavy atom. The number of hydrogen-bond donors (Lipinski definition) is 0. The smallest absolute Gasteiger partial charge is 0.0465 e. The molecule has 0 aliphatic heterocycles. The summed E-state index contributed by atoms with van der Waals surface area (Å²) in [5.41, 5.74) is 38.3. The van der Waals surface area contributed by atoms with Gasteiger partial charge in [-0.1, -0.05) is 343 Å². The summed E-state index contributed by atoms with van der Waals surface area (Å²) in [4.78, 5) is 2.38. The van der Waals surface area contributed by atoms with Crippen molar-refractivity contribution in [2.24, 2.45) is 0 Å². The van der Waals surface area contributed by atoms with Gasteiger partial charge in [-0.2, -0.15) is 0 Å². The lowest BCUT2D eigenvalue weighted by atomic mass is 9.79. The molecule has 1 unspecified atom stereocenters. The van der Waals surface area contributed by atoms with Gasteiger partial charge in [0.1, 0.15) is 0 Å². The molecule has 0 spiro atoms. The van der Waals surface area contributed by atoms with Crippen LogP contribution in [0, 0.1) is 0 Å². The lowest BCUT2D eigenvalue weighted by molar-refractivity contribution is 0.591. The van der Waals surface area contributed by atoms with Crippen molar-refractivity contribution in [2.75, 3.05) is 4.90 Å². The topological polar surface area (TPSA) is 3.24 Å². The van der Waals surface area contributed by atoms with E-state index in [4.69, 9.17) is 0 Å².